The van der Waals surface area contributed by atoms with Crippen LogP contribution in [0.5, 0.6) is 11.5 Å². The number of hydrogen-bond acceptors (Lipinski definition) is 6. The molecule has 3 aromatic rings. The number of aromatic nitrogens is 1. The van der Waals surface area contributed by atoms with Crippen molar-refractivity contribution in [3.05, 3.63) is 53.0 Å². The maximum atomic E-state index is 13.1. The zero-order valence-corrected chi connectivity index (χ0v) is 17.3. The maximum Gasteiger partial charge on any atom is 0.262 e. The molecule has 0 aliphatic heterocycles. The summed E-state index contributed by atoms with van der Waals surface area (Å²) in [6.45, 7) is 3.43. The normalized spacial score (nSPS) is 11.3. The van der Waals surface area contributed by atoms with Gasteiger partial charge in [0.2, 0.25) is 0 Å². The van der Waals surface area contributed by atoms with Gasteiger partial charge in [-0.3, -0.25) is 4.72 Å². The second kappa shape index (κ2) is 7.73. The summed E-state index contributed by atoms with van der Waals surface area (Å²) in [5, 5.41) is 0.253. The van der Waals surface area contributed by atoms with Gasteiger partial charge >= 0.3 is 0 Å². The Balaban J connectivity index is 2.03. The van der Waals surface area contributed by atoms with E-state index in [1.165, 1.54) is 32.4 Å². The molecule has 0 saturated heterocycles. The van der Waals surface area contributed by atoms with Crippen LogP contribution in [0.15, 0.2) is 45.8 Å². The number of methoxy groups -OCH3 is 2. The summed E-state index contributed by atoms with van der Waals surface area (Å²) in [5.74, 6) is 1.64. The number of halogens is 1. The van der Waals surface area contributed by atoms with Crippen LogP contribution in [0.1, 0.15) is 11.5 Å². The van der Waals surface area contributed by atoms with E-state index in [-0.39, 0.29) is 21.4 Å². The zero-order chi connectivity index (χ0) is 20.5. The largest absolute Gasteiger partial charge is 0.495 e. The van der Waals surface area contributed by atoms with Crippen molar-refractivity contribution in [1.29, 1.82) is 0 Å². The van der Waals surface area contributed by atoms with Gasteiger partial charge in [-0.2, -0.15) is 0 Å². The molecule has 1 heterocycles. The Kier molecular flexibility index (Phi) is 5.53. The molecule has 0 atom stereocenters. The number of benzene rings is 2. The molecule has 0 amide bonds. The Hall–Kier alpha value is -2.71. The molecular weight excluding hydrogens is 404 g/mol. The first kappa shape index (κ1) is 20.0. The SMILES string of the molecule is COc1cc(OC)c(NS(=O)(=O)c2cc(-c3cnc(C)o3)ccc2C)cc1Cl. The Morgan fingerprint density at radius 1 is 1.07 bits per heavy atom. The molecule has 0 spiro atoms. The smallest absolute Gasteiger partial charge is 0.262 e. The average molecular weight is 423 g/mol. The molecule has 0 radical (unpaired) electrons. The Morgan fingerprint density at radius 3 is 2.39 bits per heavy atom. The lowest BCUT2D eigenvalue weighted by Gasteiger charge is -2.15. The van der Waals surface area contributed by atoms with Crippen molar-refractivity contribution in [2.45, 2.75) is 18.7 Å². The van der Waals surface area contributed by atoms with Gasteiger partial charge in [0.15, 0.2) is 11.7 Å². The van der Waals surface area contributed by atoms with Gasteiger partial charge in [0.25, 0.3) is 10.0 Å². The molecule has 1 aromatic heterocycles. The van der Waals surface area contributed by atoms with Crippen molar-refractivity contribution < 1.29 is 22.3 Å². The number of rotatable bonds is 6. The highest BCUT2D eigenvalue weighted by Crippen LogP contribution is 2.37. The second-order valence-corrected chi connectivity index (χ2v) is 8.07. The Morgan fingerprint density at radius 2 is 1.79 bits per heavy atom. The van der Waals surface area contributed by atoms with Gasteiger partial charge in [0.1, 0.15) is 11.5 Å². The van der Waals surface area contributed by atoms with Crippen molar-refractivity contribution >= 4 is 27.3 Å². The zero-order valence-electron chi connectivity index (χ0n) is 15.7. The van der Waals surface area contributed by atoms with E-state index < -0.39 is 10.0 Å². The predicted octanol–water partition coefficient (Wildman–Crippen LogP) is 4.43. The topological polar surface area (TPSA) is 90.7 Å². The van der Waals surface area contributed by atoms with E-state index in [0.29, 0.717) is 28.5 Å². The molecule has 0 unspecified atom stereocenters. The van der Waals surface area contributed by atoms with Crippen molar-refractivity contribution in [2.75, 3.05) is 18.9 Å². The number of nitrogens with one attached hydrogen (secondary N) is 1. The van der Waals surface area contributed by atoms with Crippen LogP contribution in [-0.4, -0.2) is 27.6 Å². The quantitative estimate of drug-likeness (QED) is 0.631. The maximum absolute atomic E-state index is 13.1. The minimum Gasteiger partial charge on any atom is -0.495 e. The van der Waals surface area contributed by atoms with Crippen molar-refractivity contribution in [3.63, 3.8) is 0 Å². The van der Waals surface area contributed by atoms with E-state index in [4.69, 9.17) is 25.5 Å². The molecule has 28 heavy (non-hydrogen) atoms. The van der Waals surface area contributed by atoms with Gasteiger partial charge in [-0.25, -0.2) is 13.4 Å². The fraction of sp³-hybridized carbons (Fsp3) is 0.211. The van der Waals surface area contributed by atoms with E-state index in [2.05, 4.69) is 9.71 Å². The third kappa shape index (κ3) is 3.93. The lowest BCUT2D eigenvalue weighted by Crippen LogP contribution is -2.15. The van der Waals surface area contributed by atoms with Gasteiger partial charge in [-0.05, 0) is 24.6 Å². The Bertz CT molecular complexity index is 1130. The molecule has 0 aliphatic rings. The predicted molar refractivity (Wildman–Crippen MR) is 107 cm³/mol. The summed E-state index contributed by atoms with van der Waals surface area (Å²) >= 11 is 6.14. The monoisotopic (exact) mass is 422 g/mol. The van der Waals surface area contributed by atoms with E-state index >= 15 is 0 Å². The highest BCUT2D eigenvalue weighted by molar-refractivity contribution is 7.92. The van der Waals surface area contributed by atoms with E-state index in [1.807, 2.05) is 0 Å². The van der Waals surface area contributed by atoms with Gasteiger partial charge < -0.3 is 13.9 Å². The Labute approximate surface area is 168 Å². The number of anilines is 1. The number of hydrogen-bond donors (Lipinski definition) is 1. The molecule has 1 N–H and O–H groups in total. The number of sulfonamides is 1. The highest BCUT2D eigenvalue weighted by atomic mass is 35.5. The molecule has 0 aliphatic carbocycles. The average Bonchev–Trinajstić information content (AvgIpc) is 3.08. The summed E-state index contributed by atoms with van der Waals surface area (Å²) in [6.07, 6.45) is 1.55. The van der Waals surface area contributed by atoms with Crippen LogP contribution in [-0.2, 0) is 10.0 Å². The van der Waals surface area contributed by atoms with Crippen LogP contribution in [0.2, 0.25) is 5.02 Å². The van der Waals surface area contributed by atoms with Crippen molar-refractivity contribution in [2.24, 2.45) is 0 Å². The summed E-state index contributed by atoms with van der Waals surface area (Å²) in [5.41, 5.74) is 1.38. The number of aryl methyl sites for hydroxylation is 2. The summed E-state index contributed by atoms with van der Waals surface area (Å²) in [4.78, 5) is 4.15. The fourth-order valence-electron chi connectivity index (χ4n) is 2.68. The summed E-state index contributed by atoms with van der Waals surface area (Å²) < 4.78 is 44.5. The van der Waals surface area contributed by atoms with Crippen molar-refractivity contribution in [3.8, 4) is 22.8 Å². The van der Waals surface area contributed by atoms with E-state index in [0.717, 1.165) is 0 Å². The second-order valence-electron chi connectivity index (χ2n) is 6.02. The van der Waals surface area contributed by atoms with Crippen LogP contribution < -0.4 is 14.2 Å². The first-order chi connectivity index (χ1) is 13.2. The molecule has 3 rings (SSSR count). The standard InChI is InChI=1S/C19H19ClN2O5S/c1-11-5-6-13(18-10-21-12(2)27-18)7-19(11)28(23,24)22-15-8-14(20)16(25-3)9-17(15)26-4/h5-10,22H,1-4H3. The number of ether oxygens (including phenoxy) is 2. The molecular formula is C19H19ClN2O5S. The van der Waals surface area contributed by atoms with Gasteiger partial charge in [-0.15, -0.1) is 0 Å². The van der Waals surface area contributed by atoms with Crippen molar-refractivity contribution in [1.82, 2.24) is 4.98 Å². The lowest BCUT2D eigenvalue weighted by molar-refractivity contribution is 0.396. The molecule has 148 valence electrons. The first-order valence-electron chi connectivity index (χ1n) is 8.23. The molecule has 9 heteroatoms. The molecule has 0 saturated carbocycles. The summed E-state index contributed by atoms with van der Waals surface area (Å²) in [7, 11) is -1.04. The van der Waals surface area contributed by atoms with Crippen LogP contribution in [0.4, 0.5) is 5.69 Å². The fourth-order valence-corrected chi connectivity index (χ4v) is 4.25. The van der Waals surface area contributed by atoms with Gasteiger partial charge in [0.05, 0.1) is 36.0 Å². The summed E-state index contributed by atoms with van der Waals surface area (Å²) in [6, 6.07) is 7.98. The van der Waals surface area contributed by atoms with Gasteiger partial charge in [-0.1, -0.05) is 23.7 Å². The van der Waals surface area contributed by atoms with E-state index in [1.54, 1.807) is 32.2 Å². The van der Waals surface area contributed by atoms with Crippen LogP contribution in [0, 0.1) is 13.8 Å². The van der Waals surface area contributed by atoms with Crippen LogP contribution in [0.25, 0.3) is 11.3 Å². The van der Waals surface area contributed by atoms with Crippen LogP contribution in [0.3, 0.4) is 0 Å². The molecule has 0 fully saturated rings. The molecule has 7 nitrogen and oxygen atoms in total. The number of nitrogens with zero attached hydrogens (tertiary/aromatic N) is 1. The minimum absolute atomic E-state index is 0.105. The third-order valence-electron chi connectivity index (χ3n) is 4.10. The minimum atomic E-state index is -3.93. The first-order valence-corrected chi connectivity index (χ1v) is 10.1. The lowest BCUT2D eigenvalue weighted by atomic mass is 10.1. The highest BCUT2D eigenvalue weighted by Gasteiger charge is 2.21. The van der Waals surface area contributed by atoms with Gasteiger partial charge in [0, 0.05) is 18.6 Å². The van der Waals surface area contributed by atoms with Crippen LogP contribution >= 0.6 is 11.6 Å². The molecule has 2 aromatic carbocycles. The number of oxazole rings is 1. The molecule has 0 bridgehead atoms. The third-order valence-corrected chi connectivity index (χ3v) is 5.90. The van der Waals surface area contributed by atoms with E-state index in [9.17, 15) is 8.42 Å².